The fourth-order valence-corrected chi connectivity index (χ4v) is 1.29. The second-order valence-electron chi connectivity index (χ2n) is 5.56. The Bertz CT molecular complexity index is 372. The zero-order valence-electron chi connectivity index (χ0n) is 11.5. The van der Waals surface area contributed by atoms with Gasteiger partial charge in [0.25, 0.3) is 0 Å². The zero-order valence-corrected chi connectivity index (χ0v) is 11.5. The average molecular weight is 236 g/mol. The standard InChI is InChI=1S/C13H24N4/c1-6-13(4,5)8-15-11-7-10(14)16-12(17-11)9(2)3/h7,9H,6,8H2,1-5H3,(H3,14,15,16,17). The van der Waals surface area contributed by atoms with Crippen molar-refractivity contribution in [3.8, 4) is 0 Å². The number of nitrogens with one attached hydrogen (secondary N) is 1. The molecule has 1 aromatic heterocycles. The molecule has 0 spiro atoms. The third-order valence-electron chi connectivity index (χ3n) is 2.98. The van der Waals surface area contributed by atoms with Crippen LogP contribution < -0.4 is 11.1 Å². The molecule has 4 heteroatoms. The molecule has 0 saturated heterocycles. The molecule has 0 radical (unpaired) electrons. The van der Waals surface area contributed by atoms with Crippen LogP contribution in [0.2, 0.25) is 0 Å². The lowest BCUT2D eigenvalue weighted by Gasteiger charge is -2.23. The smallest absolute Gasteiger partial charge is 0.135 e. The van der Waals surface area contributed by atoms with Gasteiger partial charge in [-0.1, -0.05) is 34.6 Å². The van der Waals surface area contributed by atoms with Gasteiger partial charge in [-0.15, -0.1) is 0 Å². The highest BCUT2D eigenvalue weighted by Crippen LogP contribution is 2.21. The molecule has 4 nitrogen and oxygen atoms in total. The maximum Gasteiger partial charge on any atom is 0.135 e. The Morgan fingerprint density at radius 2 is 2.00 bits per heavy atom. The lowest BCUT2D eigenvalue weighted by atomic mass is 9.90. The molecule has 0 amide bonds. The topological polar surface area (TPSA) is 63.8 Å². The first-order valence-electron chi connectivity index (χ1n) is 6.22. The molecule has 1 heterocycles. The molecular weight excluding hydrogens is 212 g/mol. The van der Waals surface area contributed by atoms with Gasteiger partial charge in [-0.3, -0.25) is 0 Å². The van der Waals surface area contributed by atoms with Gasteiger partial charge in [-0.25, -0.2) is 9.97 Å². The van der Waals surface area contributed by atoms with E-state index in [0.717, 1.165) is 24.6 Å². The van der Waals surface area contributed by atoms with E-state index in [9.17, 15) is 0 Å². The molecule has 0 fully saturated rings. The average Bonchev–Trinajstić information content (AvgIpc) is 2.26. The Kier molecular flexibility index (Phi) is 4.32. The van der Waals surface area contributed by atoms with Crippen LogP contribution in [0.4, 0.5) is 11.6 Å². The molecule has 0 aliphatic rings. The summed E-state index contributed by atoms with van der Waals surface area (Å²) in [6.07, 6.45) is 1.12. The SMILES string of the molecule is CCC(C)(C)CNc1cc(N)nc(C(C)C)n1. The van der Waals surface area contributed by atoms with Crippen molar-refractivity contribution >= 4 is 11.6 Å². The van der Waals surface area contributed by atoms with Crippen LogP contribution in [0.25, 0.3) is 0 Å². The van der Waals surface area contributed by atoms with E-state index < -0.39 is 0 Å². The summed E-state index contributed by atoms with van der Waals surface area (Å²) < 4.78 is 0. The first-order chi connectivity index (χ1) is 7.84. The Hall–Kier alpha value is -1.32. The van der Waals surface area contributed by atoms with Crippen LogP contribution >= 0.6 is 0 Å². The highest BCUT2D eigenvalue weighted by Gasteiger charge is 2.15. The van der Waals surface area contributed by atoms with Gasteiger partial charge in [-0.05, 0) is 11.8 Å². The van der Waals surface area contributed by atoms with Gasteiger partial charge in [0.05, 0.1) is 0 Å². The molecule has 0 unspecified atom stereocenters. The lowest BCUT2D eigenvalue weighted by Crippen LogP contribution is -2.22. The van der Waals surface area contributed by atoms with Gasteiger partial charge in [0.1, 0.15) is 17.5 Å². The van der Waals surface area contributed by atoms with Gasteiger partial charge in [0.2, 0.25) is 0 Å². The highest BCUT2D eigenvalue weighted by molar-refractivity contribution is 5.45. The van der Waals surface area contributed by atoms with E-state index in [4.69, 9.17) is 5.73 Å². The molecule has 1 aromatic rings. The van der Waals surface area contributed by atoms with E-state index >= 15 is 0 Å². The Balaban J connectivity index is 2.78. The minimum absolute atomic E-state index is 0.262. The predicted molar refractivity (Wildman–Crippen MR) is 73.1 cm³/mol. The highest BCUT2D eigenvalue weighted by atomic mass is 15.1. The van der Waals surface area contributed by atoms with Crippen molar-refractivity contribution in [1.29, 1.82) is 0 Å². The maximum absolute atomic E-state index is 5.78. The molecule has 3 N–H and O–H groups in total. The van der Waals surface area contributed by atoms with Gasteiger partial charge in [-0.2, -0.15) is 0 Å². The van der Waals surface area contributed by atoms with Gasteiger partial charge >= 0.3 is 0 Å². The number of nitrogens with two attached hydrogens (primary N) is 1. The largest absolute Gasteiger partial charge is 0.384 e. The second-order valence-corrected chi connectivity index (χ2v) is 5.56. The number of hydrogen-bond acceptors (Lipinski definition) is 4. The van der Waals surface area contributed by atoms with Crippen LogP contribution in [0.15, 0.2) is 6.07 Å². The van der Waals surface area contributed by atoms with Crippen LogP contribution in [-0.2, 0) is 0 Å². The number of anilines is 2. The first-order valence-corrected chi connectivity index (χ1v) is 6.22. The molecule has 0 atom stereocenters. The quantitative estimate of drug-likeness (QED) is 0.824. The van der Waals surface area contributed by atoms with Crippen molar-refractivity contribution in [1.82, 2.24) is 9.97 Å². The fourth-order valence-electron chi connectivity index (χ4n) is 1.29. The molecule has 0 aliphatic heterocycles. The van der Waals surface area contributed by atoms with Crippen molar-refractivity contribution < 1.29 is 0 Å². The van der Waals surface area contributed by atoms with Gasteiger partial charge in [0.15, 0.2) is 0 Å². The second kappa shape index (κ2) is 5.34. The summed E-state index contributed by atoms with van der Waals surface area (Å²) in [6, 6.07) is 1.79. The first kappa shape index (κ1) is 13.7. The van der Waals surface area contributed by atoms with E-state index in [0.29, 0.717) is 11.7 Å². The molecule has 0 bridgehead atoms. The maximum atomic E-state index is 5.78. The summed E-state index contributed by atoms with van der Waals surface area (Å²) in [5.41, 5.74) is 6.04. The molecule has 96 valence electrons. The molecule has 1 rings (SSSR count). The minimum Gasteiger partial charge on any atom is -0.384 e. The van der Waals surface area contributed by atoms with Crippen molar-refractivity contribution in [2.75, 3.05) is 17.6 Å². The van der Waals surface area contributed by atoms with Crippen molar-refractivity contribution in [2.24, 2.45) is 5.41 Å². The minimum atomic E-state index is 0.262. The monoisotopic (exact) mass is 236 g/mol. The number of nitrogen functional groups attached to an aromatic ring is 1. The van der Waals surface area contributed by atoms with Crippen molar-refractivity contribution in [3.05, 3.63) is 11.9 Å². The number of nitrogens with zero attached hydrogens (tertiary/aromatic N) is 2. The Morgan fingerprint density at radius 3 is 2.53 bits per heavy atom. The van der Waals surface area contributed by atoms with Crippen LogP contribution in [0.5, 0.6) is 0 Å². The van der Waals surface area contributed by atoms with Crippen LogP contribution in [0, 0.1) is 5.41 Å². The van der Waals surface area contributed by atoms with E-state index in [2.05, 4.69) is 49.9 Å². The lowest BCUT2D eigenvalue weighted by molar-refractivity contribution is 0.376. The molecule has 17 heavy (non-hydrogen) atoms. The zero-order chi connectivity index (χ0) is 13.1. The molecule has 0 aromatic carbocycles. The Labute approximate surface area is 104 Å². The summed E-state index contributed by atoms with van der Waals surface area (Å²) in [6.45, 7) is 11.7. The molecular formula is C13H24N4. The van der Waals surface area contributed by atoms with Crippen molar-refractivity contribution in [2.45, 2.75) is 47.0 Å². The Morgan fingerprint density at radius 1 is 1.35 bits per heavy atom. The predicted octanol–water partition coefficient (Wildman–Crippen LogP) is 3.03. The summed E-state index contributed by atoms with van der Waals surface area (Å²) >= 11 is 0. The van der Waals surface area contributed by atoms with Gasteiger partial charge < -0.3 is 11.1 Å². The summed E-state index contributed by atoms with van der Waals surface area (Å²) in [5, 5.41) is 3.34. The summed E-state index contributed by atoms with van der Waals surface area (Å²) in [4.78, 5) is 8.69. The number of aromatic nitrogens is 2. The van der Waals surface area contributed by atoms with E-state index in [-0.39, 0.29) is 5.41 Å². The molecule has 0 saturated carbocycles. The number of rotatable bonds is 5. The van der Waals surface area contributed by atoms with E-state index in [1.165, 1.54) is 0 Å². The van der Waals surface area contributed by atoms with Crippen LogP contribution in [0.1, 0.15) is 52.8 Å². The summed E-state index contributed by atoms with van der Waals surface area (Å²) in [5.74, 6) is 2.43. The number of hydrogen-bond donors (Lipinski definition) is 2. The van der Waals surface area contributed by atoms with Crippen LogP contribution in [0.3, 0.4) is 0 Å². The van der Waals surface area contributed by atoms with E-state index in [1.54, 1.807) is 6.07 Å². The third-order valence-corrected chi connectivity index (χ3v) is 2.98. The third kappa shape index (κ3) is 4.21. The van der Waals surface area contributed by atoms with Crippen molar-refractivity contribution in [3.63, 3.8) is 0 Å². The normalized spacial score (nSPS) is 11.9. The summed E-state index contributed by atoms with van der Waals surface area (Å²) in [7, 11) is 0. The van der Waals surface area contributed by atoms with Gasteiger partial charge in [0, 0.05) is 18.5 Å². The van der Waals surface area contributed by atoms with E-state index in [1.807, 2.05) is 0 Å². The molecule has 0 aliphatic carbocycles. The fraction of sp³-hybridized carbons (Fsp3) is 0.692. The van der Waals surface area contributed by atoms with Crippen LogP contribution in [-0.4, -0.2) is 16.5 Å².